The van der Waals surface area contributed by atoms with Crippen molar-refractivity contribution in [1.29, 1.82) is 0 Å². The Morgan fingerprint density at radius 3 is 2.67 bits per heavy atom. The van der Waals surface area contributed by atoms with Gasteiger partial charge in [-0.25, -0.2) is 4.39 Å². The summed E-state index contributed by atoms with van der Waals surface area (Å²) in [5.41, 5.74) is 1.77. The molecule has 0 amide bonds. The molecule has 0 bridgehead atoms. The Morgan fingerprint density at radius 1 is 1.10 bits per heavy atom. The fraction of sp³-hybridized carbons (Fsp3) is 0.133. The standard InChI is InChI=1S/C15H13FN2O2S/c16-11-3-1-10(2-4-11)8-17-15(21)18-12-5-6-13-14(7-12)20-9-19-13/h1-7H,8-9H2,(H2,17,18,21). The lowest BCUT2D eigenvalue weighted by molar-refractivity contribution is 0.174. The average molecular weight is 304 g/mol. The Morgan fingerprint density at radius 2 is 1.86 bits per heavy atom. The van der Waals surface area contributed by atoms with Crippen molar-refractivity contribution in [1.82, 2.24) is 5.32 Å². The molecule has 0 saturated carbocycles. The second-order valence-electron chi connectivity index (χ2n) is 4.50. The van der Waals surface area contributed by atoms with E-state index < -0.39 is 0 Å². The fourth-order valence-corrected chi connectivity index (χ4v) is 2.12. The predicted octanol–water partition coefficient (Wildman–Crippen LogP) is 3.04. The van der Waals surface area contributed by atoms with Crippen LogP contribution in [-0.2, 0) is 6.54 Å². The molecule has 0 atom stereocenters. The van der Waals surface area contributed by atoms with Gasteiger partial charge in [0.05, 0.1) is 0 Å². The third-order valence-electron chi connectivity index (χ3n) is 3.00. The first-order valence-electron chi connectivity index (χ1n) is 6.40. The van der Waals surface area contributed by atoms with E-state index in [0.29, 0.717) is 17.4 Å². The van der Waals surface area contributed by atoms with Gasteiger partial charge in [-0.15, -0.1) is 0 Å². The van der Waals surface area contributed by atoms with Crippen molar-refractivity contribution in [3.63, 3.8) is 0 Å². The van der Waals surface area contributed by atoms with Gasteiger partial charge in [0.1, 0.15) is 5.82 Å². The summed E-state index contributed by atoms with van der Waals surface area (Å²) in [6.07, 6.45) is 0. The van der Waals surface area contributed by atoms with E-state index in [-0.39, 0.29) is 12.6 Å². The highest BCUT2D eigenvalue weighted by Crippen LogP contribution is 2.34. The first-order chi connectivity index (χ1) is 10.2. The van der Waals surface area contributed by atoms with E-state index in [9.17, 15) is 4.39 Å². The molecule has 6 heteroatoms. The highest BCUT2D eigenvalue weighted by molar-refractivity contribution is 7.80. The van der Waals surface area contributed by atoms with E-state index in [1.807, 2.05) is 18.2 Å². The highest BCUT2D eigenvalue weighted by atomic mass is 32.1. The lowest BCUT2D eigenvalue weighted by atomic mass is 10.2. The number of anilines is 1. The zero-order valence-corrected chi connectivity index (χ0v) is 11.9. The van der Waals surface area contributed by atoms with Crippen LogP contribution in [0.1, 0.15) is 5.56 Å². The van der Waals surface area contributed by atoms with Gasteiger partial charge in [0.15, 0.2) is 16.6 Å². The fourth-order valence-electron chi connectivity index (χ4n) is 1.93. The van der Waals surface area contributed by atoms with Gasteiger partial charge >= 0.3 is 0 Å². The molecular weight excluding hydrogens is 291 g/mol. The Hall–Kier alpha value is -2.34. The van der Waals surface area contributed by atoms with E-state index in [0.717, 1.165) is 17.0 Å². The smallest absolute Gasteiger partial charge is 0.231 e. The number of hydrogen-bond acceptors (Lipinski definition) is 3. The molecule has 21 heavy (non-hydrogen) atoms. The zero-order chi connectivity index (χ0) is 14.7. The molecular formula is C15H13FN2O2S. The third-order valence-corrected chi connectivity index (χ3v) is 3.24. The van der Waals surface area contributed by atoms with Crippen molar-refractivity contribution in [2.75, 3.05) is 12.1 Å². The van der Waals surface area contributed by atoms with Crippen molar-refractivity contribution in [2.45, 2.75) is 6.54 Å². The van der Waals surface area contributed by atoms with E-state index >= 15 is 0 Å². The summed E-state index contributed by atoms with van der Waals surface area (Å²) in [6.45, 7) is 0.767. The highest BCUT2D eigenvalue weighted by Gasteiger charge is 2.13. The van der Waals surface area contributed by atoms with Gasteiger partial charge in [0.25, 0.3) is 0 Å². The molecule has 2 N–H and O–H groups in total. The van der Waals surface area contributed by atoms with Crippen LogP contribution >= 0.6 is 12.2 Å². The van der Waals surface area contributed by atoms with Crippen molar-refractivity contribution >= 4 is 23.0 Å². The minimum atomic E-state index is -0.250. The molecule has 0 saturated heterocycles. The number of thiocarbonyl (C=S) groups is 1. The molecule has 2 aromatic rings. The number of benzene rings is 2. The second kappa shape index (κ2) is 5.97. The number of hydrogen-bond donors (Lipinski definition) is 2. The molecule has 4 nitrogen and oxygen atoms in total. The molecule has 108 valence electrons. The van der Waals surface area contributed by atoms with Gasteiger partial charge in [-0.1, -0.05) is 12.1 Å². The number of ether oxygens (including phenoxy) is 2. The summed E-state index contributed by atoms with van der Waals surface area (Å²) in [5, 5.41) is 6.61. The summed E-state index contributed by atoms with van der Waals surface area (Å²) in [7, 11) is 0. The molecule has 2 aromatic carbocycles. The molecule has 3 rings (SSSR count). The molecule has 0 fully saturated rings. The number of fused-ring (bicyclic) bond motifs is 1. The normalized spacial score (nSPS) is 12.0. The number of halogens is 1. The molecule has 0 unspecified atom stereocenters. The van der Waals surface area contributed by atoms with Crippen molar-refractivity contribution < 1.29 is 13.9 Å². The van der Waals surface area contributed by atoms with Crippen LogP contribution in [0.25, 0.3) is 0 Å². The predicted molar refractivity (Wildman–Crippen MR) is 82.0 cm³/mol. The van der Waals surface area contributed by atoms with Gasteiger partial charge in [-0.2, -0.15) is 0 Å². The van der Waals surface area contributed by atoms with Crippen LogP contribution in [0.5, 0.6) is 11.5 Å². The van der Waals surface area contributed by atoms with Crippen molar-refractivity contribution in [3.8, 4) is 11.5 Å². The molecule has 1 aliphatic heterocycles. The number of rotatable bonds is 3. The first kappa shape index (κ1) is 13.6. The van der Waals surface area contributed by atoms with E-state index in [1.165, 1.54) is 12.1 Å². The summed E-state index contributed by atoms with van der Waals surface area (Å²) in [4.78, 5) is 0. The first-order valence-corrected chi connectivity index (χ1v) is 6.80. The Bertz CT molecular complexity index is 661. The quantitative estimate of drug-likeness (QED) is 0.853. The van der Waals surface area contributed by atoms with Crippen LogP contribution in [0.3, 0.4) is 0 Å². The summed E-state index contributed by atoms with van der Waals surface area (Å²) >= 11 is 5.22. The van der Waals surface area contributed by atoms with Crippen LogP contribution in [0, 0.1) is 5.82 Å². The maximum absolute atomic E-state index is 12.8. The zero-order valence-electron chi connectivity index (χ0n) is 11.1. The molecule has 1 aliphatic rings. The summed E-state index contributed by atoms with van der Waals surface area (Å²) < 4.78 is 23.3. The largest absolute Gasteiger partial charge is 0.454 e. The van der Waals surface area contributed by atoms with Crippen molar-refractivity contribution in [3.05, 3.63) is 53.8 Å². The minimum Gasteiger partial charge on any atom is -0.454 e. The minimum absolute atomic E-state index is 0.242. The average Bonchev–Trinajstić information content (AvgIpc) is 2.94. The lowest BCUT2D eigenvalue weighted by Crippen LogP contribution is -2.27. The lowest BCUT2D eigenvalue weighted by Gasteiger charge is -2.11. The van der Waals surface area contributed by atoms with Gasteiger partial charge in [-0.3, -0.25) is 0 Å². The molecule has 1 heterocycles. The van der Waals surface area contributed by atoms with Gasteiger partial charge < -0.3 is 20.1 Å². The van der Waals surface area contributed by atoms with Crippen LogP contribution in [0.15, 0.2) is 42.5 Å². The summed E-state index contributed by atoms with van der Waals surface area (Å²) in [5.74, 6) is 1.17. The topological polar surface area (TPSA) is 42.5 Å². The third kappa shape index (κ3) is 3.41. The second-order valence-corrected chi connectivity index (χ2v) is 4.91. The Balaban J connectivity index is 1.55. The van der Waals surface area contributed by atoms with Crippen LogP contribution in [0.2, 0.25) is 0 Å². The Labute approximate surface area is 126 Å². The van der Waals surface area contributed by atoms with Gasteiger partial charge in [0, 0.05) is 18.3 Å². The van der Waals surface area contributed by atoms with Crippen molar-refractivity contribution in [2.24, 2.45) is 0 Å². The van der Waals surface area contributed by atoms with E-state index in [4.69, 9.17) is 21.7 Å². The van der Waals surface area contributed by atoms with Crippen LogP contribution in [-0.4, -0.2) is 11.9 Å². The maximum atomic E-state index is 12.8. The molecule has 0 aromatic heterocycles. The van der Waals surface area contributed by atoms with Crippen LogP contribution in [0.4, 0.5) is 10.1 Å². The molecule has 0 spiro atoms. The Kier molecular flexibility index (Phi) is 3.87. The molecule has 0 radical (unpaired) electrons. The number of nitrogens with one attached hydrogen (secondary N) is 2. The monoisotopic (exact) mass is 304 g/mol. The molecule has 0 aliphatic carbocycles. The summed E-state index contributed by atoms with van der Waals surface area (Å²) in [6, 6.07) is 11.8. The van der Waals surface area contributed by atoms with E-state index in [1.54, 1.807) is 12.1 Å². The van der Waals surface area contributed by atoms with Crippen LogP contribution < -0.4 is 20.1 Å². The van der Waals surface area contributed by atoms with E-state index in [2.05, 4.69) is 10.6 Å². The van der Waals surface area contributed by atoms with Gasteiger partial charge in [-0.05, 0) is 42.0 Å². The maximum Gasteiger partial charge on any atom is 0.231 e. The van der Waals surface area contributed by atoms with Gasteiger partial charge in [0.2, 0.25) is 6.79 Å². The SMILES string of the molecule is Fc1ccc(CNC(=S)Nc2ccc3c(c2)OCO3)cc1.